The molecule has 0 saturated carbocycles. The van der Waals surface area contributed by atoms with Crippen molar-refractivity contribution >= 4 is 29.1 Å². The van der Waals surface area contributed by atoms with E-state index in [4.69, 9.17) is 27.7 Å². The first-order chi connectivity index (χ1) is 8.99. The zero-order chi connectivity index (χ0) is 14.0. The number of aryl methyl sites for hydroxylation is 2. The van der Waals surface area contributed by atoms with Crippen LogP contribution in [0.4, 0.5) is 0 Å². The van der Waals surface area contributed by atoms with Crippen LogP contribution in [0.2, 0.25) is 10.0 Å². The van der Waals surface area contributed by atoms with Crippen LogP contribution < -0.4 is 5.32 Å². The number of rotatable bonds is 3. The number of nitrogens with zero attached hydrogens (tertiary/aromatic N) is 1. The van der Waals surface area contributed by atoms with Crippen molar-refractivity contribution in [2.45, 2.75) is 20.4 Å². The molecule has 0 bridgehead atoms. The van der Waals surface area contributed by atoms with Crippen LogP contribution in [0.15, 0.2) is 22.7 Å². The molecule has 1 amide bonds. The smallest absolute Gasteiger partial charge is 0.251 e. The van der Waals surface area contributed by atoms with Crippen LogP contribution in [-0.4, -0.2) is 11.1 Å². The standard InChI is InChI=1S/C13H12Cl2N2O2/c1-7-10(8(2)19-17-7)6-16-13(18)9-3-4-11(14)12(15)5-9/h3-5H,6H2,1-2H3,(H,16,18). The quantitative estimate of drug-likeness (QED) is 0.943. The van der Waals surface area contributed by atoms with Crippen molar-refractivity contribution in [2.75, 3.05) is 0 Å². The highest BCUT2D eigenvalue weighted by molar-refractivity contribution is 6.42. The van der Waals surface area contributed by atoms with Gasteiger partial charge in [0, 0.05) is 17.7 Å². The second-order valence-electron chi connectivity index (χ2n) is 4.11. The SMILES string of the molecule is Cc1noc(C)c1CNC(=O)c1ccc(Cl)c(Cl)c1. The molecule has 0 aliphatic carbocycles. The van der Waals surface area contributed by atoms with Gasteiger partial charge in [-0.15, -0.1) is 0 Å². The molecular formula is C13H12Cl2N2O2. The van der Waals surface area contributed by atoms with Gasteiger partial charge in [0.25, 0.3) is 5.91 Å². The van der Waals surface area contributed by atoms with Gasteiger partial charge in [-0.3, -0.25) is 4.79 Å². The van der Waals surface area contributed by atoms with Gasteiger partial charge in [0.15, 0.2) is 0 Å². The predicted molar refractivity (Wildman–Crippen MR) is 73.6 cm³/mol. The molecule has 2 aromatic rings. The van der Waals surface area contributed by atoms with E-state index in [1.165, 1.54) is 6.07 Å². The Labute approximate surface area is 120 Å². The van der Waals surface area contributed by atoms with Gasteiger partial charge >= 0.3 is 0 Å². The maximum absolute atomic E-state index is 12.0. The number of halogens is 2. The number of hydrogen-bond donors (Lipinski definition) is 1. The number of hydrogen-bond acceptors (Lipinski definition) is 3. The molecule has 1 heterocycles. The van der Waals surface area contributed by atoms with Crippen LogP contribution in [0, 0.1) is 13.8 Å². The number of nitrogens with one attached hydrogen (secondary N) is 1. The molecule has 0 aliphatic rings. The Morgan fingerprint density at radius 3 is 2.63 bits per heavy atom. The molecule has 100 valence electrons. The third-order valence-electron chi connectivity index (χ3n) is 2.79. The molecule has 0 fully saturated rings. The van der Waals surface area contributed by atoms with Gasteiger partial charge in [0.2, 0.25) is 0 Å². The fourth-order valence-electron chi connectivity index (χ4n) is 1.66. The molecule has 0 atom stereocenters. The number of carbonyl (C=O) groups is 1. The largest absolute Gasteiger partial charge is 0.361 e. The lowest BCUT2D eigenvalue weighted by molar-refractivity contribution is 0.0951. The summed E-state index contributed by atoms with van der Waals surface area (Å²) >= 11 is 11.7. The van der Waals surface area contributed by atoms with Crippen molar-refractivity contribution in [2.24, 2.45) is 0 Å². The Hall–Kier alpha value is -1.52. The Bertz CT molecular complexity index is 604. The zero-order valence-corrected chi connectivity index (χ0v) is 12.0. The van der Waals surface area contributed by atoms with Crippen molar-refractivity contribution in [3.63, 3.8) is 0 Å². The van der Waals surface area contributed by atoms with Crippen LogP contribution >= 0.6 is 23.2 Å². The minimum Gasteiger partial charge on any atom is -0.361 e. The molecule has 6 heteroatoms. The Morgan fingerprint density at radius 2 is 2.05 bits per heavy atom. The number of amides is 1. The van der Waals surface area contributed by atoms with Crippen LogP contribution in [0.5, 0.6) is 0 Å². The minimum absolute atomic E-state index is 0.224. The molecule has 0 radical (unpaired) electrons. The molecule has 0 unspecified atom stereocenters. The maximum atomic E-state index is 12.0. The normalized spacial score (nSPS) is 10.5. The van der Waals surface area contributed by atoms with E-state index in [9.17, 15) is 4.79 Å². The zero-order valence-electron chi connectivity index (χ0n) is 10.5. The average molecular weight is 299 g/mol. The first-order valence-corrected chi connectivity index (χ1v) is 6.39. The van der Waals surface area contributed by atoms with Gasteiger partial charge in [0.05, 0.1) is 15.7 Å². The second-order valence-corrected chi connectivity index (χ2v) is 4.93. The van der Waals surface area contributed by atoms with Crippen molar-refractivity contribution < 1.29 is 9.32 Å². The molecule has 4 nitrogen and oxygen atoms in total. The van der Waals surface area contributed by atoms with Gasteiger partial charge in [-0.2, -0.15) is 0 Å². The Kier molecular flexibility index (Phi) is 4.12. The molecule has 2 rings (SSSR count). The van der Waals surface area contributed by atoms with Gasteiger partial charge < -0.3 is 9.84 Å². The highest BCUT2D eigenvalue weighted by Crippen LogP contribution is 2.22. The summed E-state index contributed by atoms with van der Waals surface area (Å²) in [6.45, 7) is 4.00. The van der Waals surface area contributed by atoms with Gasteiger partial charge in [-0.25, -0.2) is 0 Å². The fourth-order valence-corrected chi connectivity index (χ4v) is 1.96. The van der Waals surface area contributed by atoms with E-state index in [0.29, 0.717) is 27.9 Å². The highest BCUT2D eigenvalue weighted by atomic mass is 35.5. The summed E-state index contributed by atoms with van der Waals surface area (Å²) in [6.07, 6.45) is 0. The van der Waals surface area contributed by atoms with Crippen molar-refractivity contribution in [1.29, 1.82) is 0 Å². The van der Waals surface area contributed by atoms with Gasteiger partial charge in [-0.1, -0.05) is 28.4 Å². The summed E-state index contributed by atoms with van der Waals surface area (Å²) in [7, 11) is 0. The number of benzene rings is 1. The number of aromatic nitrogens is 1. The lowest BCUT2D eigenvalue weighted by Crippen LogP contribution is -2.23. The van der Waals surface area contributed by atoms with Crippen molar-refractivity contribution in [3.8, 4) is 0 Å². The molecule has 0 saturated heterocycles. The topological polar surface area (TPSA) is 55.1 Å². The van der Waals surface area contributed by atoms with E-state index in [2.05, 4.69) is 10.5 Å². The van der Waals surface area contributed by atoms with E-state index >= 15 is 0 Å². The summed E-state index contributed by atoms with van der Waals surface area (Å²) in [5.41, 5.74) is 2.11. The lowest BCUT2D eigenvalue weighted by atomic mass is 10.2. The van der Waals surface area contributed by atoms with Crippen molar-refractivity contribution in [1.82, 2.24) is 10.5 Å². The molecule has 1 aromatic carbocycles. The molecule has 1 aromatic heterocycles. The fraction of sp³-hybridized carbons (Fsp3) is 0.231. The summed E-state index contributed by atoms with van der Waals surface area (Å²) in [5, 5.41) is 7.39. The Morgan fingerprint density at radius 1 is 1.32 bits per heavy atom. The Balaban J connectivity index is 2.07. The van der Waals surface area contributed by atoms with E-state index in [1.54, 1.807) is 19.1 Å². The van der Waals surface area contributed by atoms with Crippen LogP contribution in [0.1, 0.15) is 27.4 Å². The van der Waals surface area contributed by atoms with Gasteiger partial charge in [-0.05, 0) is 32.0 Å². The summed E-state index contributed by atoms with van der Waals surface area (Å²) in [4.78, 5) is 12.0. The van der Waals surface area contributed by atoms with Crippen LogP contribution in [-0.2, 0) is 6.54 Å². The predicted octanol–water partition coefficient (Wildman–Crippen LogP) is 3.53. The third kappa shape index (κ3) is 3.08. The highest BCUT2D eigenvalue weighted by Gasteiger charge is 2.12. The van der Waals surface area contributed by atoms with E-state index in [-0.39, 0.29) is 5.91 Å². The summed E-state index contributed by atoms with van der Waals surface area (Å²) in [5.74, 6) is 0.477. The summed E-state index contributed by atoms with van der Waals surface area (Å²) < 4.78 is 5.03. The van der Waals surface area contributed by atoms with Gasteiger partial charge in [0.1, 0.15) is 5.76 Å². The molecule has 1 N–H and O–H groups in total. The first kappa shape index (κ1) is 13.9. The molecule has 0 spiro atoms. The third-order valence-corrected chi connectivity index (χ3v) is 3.53. The average Bonchev–Trinajstić information content (AvgIpc) is 2.69. The van der Waals surface area contributed by atoms with Crippen molar-refractivity contribution in [3.05, 3.63) is 50.8 Å². The minimum atomic E-state index is -0.224. The molecule has 19 heavy (non-hydrogen) atoms. The molecule has 0 aliphatic heterocycles. The van der Waals surface area contributed by atoms with E-state index in [1.807, 2.05) is 6.92 Å². The van der Waals surface area contributed by atoms with E-state index < -0.39 is 0 Å². The second kappa shape index (κ2) is 5.63. The monoisotopic (exact) mass is 298 g/mol. The van der Waals surface area contributed by atoms with E-state index in [0.717, 1.165) is 11.3 Å². The van der Waals surface area contributed by atoms with Crippen LogP contribution in [0.25, 0.3) is 0 Å². The molecular weight excluding hydrogens is 287 g/mol. The van der Waals surface area contributed by atoms with Crippen LogP contribution in [0.3, 0.4) is 0 Å². The summed E-state index contributed by atoms with van der Waals surface area (Å²) in [6, 6.07) is 4.75. The first-order valence-electron chi connectivity index (χ1n) is 5.64. The maximum Gasteiger partial charge on any atom is 0.251 e. The number of carbonyl (C=O) groups excluding carboxylic acids is 1. The lowest BCUT2D eigenvalue weighted by Gasteiger charge is -2.05.